The van der Waals surface area contributed by atoms with Crippen LogP contribution in [-0.2, 0) is 22.4 Å². The summed E-state index contributed by atoms with van der Waals surface area (Å²) in [6, 6.07) is 12.6. The summed E-state index contributed by atoms with van der Waals surface area (Å²) in [5.74, 6) is -0.289. The number of amides is 1. The summed E-state index contributed by atoms with van der Waals surface area (Å²) in [6.07, 6.45) is 0.292. The first-order valence-corrected chi connectivity index (χ1v) is 9.61. The zero-order valence-electron chi connectivity index (χ0n) is 17.6. The van der Waals surface area contributed by atoms with Crippen molar-refractivity contribution in [3.63, 3.8) is 0 Å². The molecule has 2 aromatic rings. The molecule has 0 heterocycles. The molecule has 0 aromatic heterocycles. The van der Waals surface area contributed by atoms with E-state index in [9.17, 15) is 14.7 Å². The molecule has 1 amide bonds. The molecule has 0 aliphatic heterocycles. The third kappa shape index (κ3) is 6.52. The Hall–Kier alpha value is -3.02. The summed E-state index contributed by atoms with van der Waals surface area (Å²) < 4.78 is 10.4. The van der Waals surface area contributed by atoms with Crippen molar-refractivity contribution in [3.05, 3.63) is 53.6 Å². The lowest BCUT2D eigenvalue weighted by molar-refractivity contribution is -0.139. The fourth-order valence-corrected chi connectivity index (χ4v) is 2.98. The van der Waals surface area contributed by atoms with Gasteiger partial charge in [0.25, 0.3) is 0 Å². The van der Waals surface area contributed by atoms with Gasteiger partial charge in [0.1, 0.15) is 17.4 Å². The molecule has 6 nitrogen and oxygen atoms in total. The third-order valence-electron chi connectivity index (χ3n) is 4.39. The predicted octanol–water partition coefficient (Wildman–Crippen LogP) is 4.45. The third-order valence-corrected chi connectivity index (χ3v) is 4.39. The number of alkyl carbamates (subject to hydrolysis) is 1. The summed E-state index contributed by atoms with van der Waals surface area (Å²) in [4.78, 5) is 23.5. The summed E-state index contributed by atoms with van der Waals surface area (Å²) in [5.41, 5.74) is 3.45. The van der Waals surface area contributed by atoms with Crippen LogP contribution in [0.15, 0.2) is 42.5 Å². The molecule has 2 rings (SSSR count). The molecule has 0 bridgehead atoms. The molecule has 0 aliphatic rings. The highest BCUT2D eigenvalue weighted by atomic mass is 16.6. The quantitative estimate of drug-likeness (QED) is 0.719. The smallest absolute Gasteiger partial charge is 0.408 e. The van der Waals surface area contributed by atoms with Gasteiger partial charge in [-0.05, 0) is 61.6 Å². The molecule has 0 spiro atoms. The Labute approximate surface area is 171 Å². The van der Waals surface area contributed by atoms with Crippen LogP contribution in [0.1, 0.15) is 38.8 Å². The van der Waals surface area contributed by atoms with Gasteiger partial charge in [0.05, 0.1) is 7.11 Å². The van der Waals surface area contributed by atoms with Gasteiger partial charge in [-0.25, -0.2) is 9.59 Å². The number of ether oxygens (including phenoxy) is 2. The number of carboxylic acids is 1. The summed E-state index contributed by atoms with van der Waals surface area (Å²) in [7, 11) is 1.65. The number of aryl methyl sites for hydroxylation is 1. The molecule has 1 atom stereocenters. The van der Waals surface area contributed by atoms with Gasteiger partial charge in [-0.1, -0.05) is 37.3 Å². The lowest BCUT2D eigenvalue weighted by Crippen LogP contribution is -2.44. The first-order valence-electron chi connectivity index (χ1n) is 9.61. The fraction of sp³-hybridized carbons (Fsp3) is 0.391. The van der Waals surface area contributed by atoms with Crippen LogP contribution >= 0.6 is 0 Å². The number of hydrogen-bond acceptors (Lipinski definition) is 4. The van der Waals surface area contributed by atoms with Crippen LogP contribution < -0.4 is 10.1 Å². The molecule has 0 saturated carbocycles. The second kappa shape index (κ2) is 9.45. The maximum absolute atomic E-state index is 11.9. The van der Waals surface area contributed by atoms with Gasteiger partial charge in [-0.15, -0.1) is 0 Å². The van der Waals surface area contributed by atoms with E-state index in [-0.39, 0.29) is 6.42 Å². The normalized spacial score (nSPS) is 12.2. The predicted molar refractivity (Wildman–Crippen MR) is 112 cm³/mol. The lowest BCUT2D eigenvalue weighted by atomic mass is 9.96. The highest BCUT2D eigenvalue weighted by Crippen LogP contribution is 2.28. The highest BCUT2D eigenvalue weighted by Gasteiger charge is 2.24. The minimum absolute atomic E-state index is 0.165. The van der Waals surface area contributed by atoms with Gasteiger partial charge in [0.2, 0.25) is 0 Å². The zero-order valence-corrected chi connectivity index (χ0v) is 17.6. The first-order chi connectivity index (χ1) is 13.6. The Morgan fingerprint density at radius 2 is 1.76 bits per heavy atom. The van der Waals surface area contributed by atoms with Gasteiger partial charge < -0.3 is 19.9 Å². The maximum Gasteiger partial charge on any atom is 0.408 e. The standard InChI is InChI=1S/C23H29NO5/c1-6-16-14-18(28-5)11-12-19(16)17-9-7-15(8-10-17)13-20(21(25)26)24-22(27)29-23(2,3)4/h7-12,14,20H,6,13H2,1-5H3,(H,24,27)(H,25,26)/t20-/m1/s1. The Morgan fingerprint density at radius 1 is 1.10 bits per heavy atom. The Morgan fingerprint density at radius 3 is 2.28 bits per heavy atom. The van der Waals surface area contributed by atoms with Crippen LogP contribution in [0.3, 0.4) is 0 Å². The number of carboxylic acid groups (broad SMARTS) is 1. The number of carbonyl (C=O) groups excluding carboxylic acids is 1. The van der Waals surface area contributed by atoms with Crippen LogP contribution in [0.25, 0.3) is 11.1 Å². The van der Waals surface area contributed by atoms with E-state index in [2.05, 4.69) is 12.2 Å². The van der Waals surface area contributed by atoms with Crippen molar-refractivity contribution in [3.8, 4) is 16.9 Å². The number of nitrogens with one attached hydrogen (secondary N) is 1. The van der Waals surface area contributed by atoms with Crippen molar-refractivity contribution in [2.75, 3.05) is 7.11 Å². The van der Waals surface area contributed by atoms with Crippen LogP contribution in [-0.4, -0.2) is 35.9 Å². The Bertz CT molecular complexity index is 853. The molecule has 0 unspecified atom stereocenters. The average Bonchev–Trinajstić information content (AvgIpc) is 2.66. The van der Waals surface area contributed by atoms with E-state index in [1.807, 2.05) is 42.5 Å². The number of benzene rings is 2. The molecule has 6 heteroatoms. The van der Waals surface area contributed by atoms with Gasteiger partial charge >= 0.3 is 12.1 Å². The maximum atomic E-state index is 11.9. The number of rotatable bonds is 7. The SMILES string of the molecule is CCc1cc(OC)ccc1-c1ccc(C[C@@H](NC(=O)OC(C)(C)C)C(=O)O)cc1. The Kier molecular flexibility index (Phi) is 7.26. The van der Waals surface area contributed by atoms with E-state index in [4.69, 9.17) is 9.47 Å². The molecular weight excluding hydrogens is 370 g/mol. The Balaban J connectivity index is 2.14. The minimum Gasteiger partial charge on any atom is -0.497 e. The molecule has 2 aromatic carbocycles. The van der Waals surface area contributed by atoms with Crippen LogP contribution in [0.4, 0.5) is 4.79 Å². The zero-order chi connectivity index (χ0) is 21.6. The molecule has 29 heavy (non-hydrogen) atoms. The lowest BCUT2D eigenvalue weighted by Gasteiger charge is -2.22. The number of hydrogen-bond donors (Lipinski definition) is 2. The number of methoxy groups -OCH3 is 1. The van der Waals surface area contributed by atoms with Crippen molar-refractivity contribution in [1.29, 1.82) is 0 Å². The summed E-state index contributed by atoms with van der Waals surface area (Å²) >= 11 is 0. The van der Waals surface area contributed by atoms with Crippen LogP contribution in [0.5, 0.6) is 5.75 Å². The van der Waals surface area contributed by atoms with Crippen molar-refractivity contribution in [2.45, 2.75) is 52.2 Å². The van der Waals surface area contributed by atoms with Gasteiger partial charge in [-0.3, -0.25) is 0 Å². The molecule has 156 valence electrons. The van der Waals surface area contributed by atoms with Crippen molar-refractivity contribution in [1.82, 2.24) is 5.32 Å². The second-order valence-corrected chi connectivity index (χ2v) is 7.81. The van der Waals surface area contributed by atoms with E-state index in [1.165, 1.54) is 5.56 Å². The van der Waals surface area contributed by atoms with E-state index >= 15 is 0 Å². The molecule has 0 radical (unpaired) electrons. The topological polar surface area (TPSA) is 84.9 Å². The van der Waals surface area contributed by atoms with Crippen LogP contribution in [0, 0.1) is 0 Å². The van der Waals surface area contributed by atoms with Gasteiger partial charge in [0.15, 0.2) is 0 Å². The summed E-state index contributed by atoms with van der Waals surface area (Å²) in [6.45, 7) is 7.27. The average molecular weight is 399 g/mol. The van der Waals surface area contributed by atoms with Crippen molar-refractivity contribution in [2.24, 2.45) is 0 Å². The van der Waals surface area contributed by atoms with Crippen LogP contribution in [0.2, 0.25) is 0 Å². The largest absolute Gasteiger partial charge is 0.497 e. The molecule has 0 fully saturated rings. The molecular formula is C23H29NO5. The first kappa shape index (κ1) is 22.3. The molecule has 2 N–H and O–H groups in total. The monoisotopic (exact) mass is 399 g/mol. The molecule has 0 saturated heterocycles. The van der Waals surface area contributed by atoms with Gasteiger partial charge in [0, 0.05) is 6.42 Å². The second-order valence-electron chi connectivity index (χ2n) is 7.81. The number of carbonyl (C=O) groups is 2. The van der Waals surface area contributed by atoms with E-state index < -0.39 is 23.7 Å². The highest BCUT2D eigenvalue weighted by molar-refractivity contribution is 5.80. The summed E-state index contributed by atoms with van der Waals surface area (Å²) in [5, 5.41) is 11.9. The minimum atomic E-state index is -1.11. The van der Waals surface area contributed by atoms with E-state index in [1.54, 1.807) is 27.9 Å². The van der Waals surface area contributed by atoms with E-state index in [0.717, 1.165) is 28.9 Å². The molecule has 0 aliphatic carbocycles. The fourth-order valence-electron chi connectivity index (χ4n) is 2.98. The van der Waals surface area contributed by atoms with Crippen molar-refractivity contribution >= 4 is 12.1 Å². The van der Waals surface area contributed by atoms with Gasteiger partial charge in [-0.2, -0.15) is 0 Å². The van der Waals surface area contributed by atoms with Crippen molar-refractivity contribution < 1.29 is 24.2 Å². The number of aliphatic carboxylic acids is 1. The van der Waals surface area contributed by atoms with E-state index in [0.29, 0.717) is 0 Å².